The summed E-state index contributed by atoms with van der Waals surface area (Å²) >= 11 is 0. The second kappa shape index (κ2) is 4.98. The highest BCUT2D eigenvalue weighted by atomic mass is 16.3. The Morgan fingerprint density at radius 2 is 1.74 bits per heavy atom. The highest BCUT2D eigenvalue weighted by molar-refractivity contribution is 5.95. The third kappa shape index (κ3) is 2.52. The lowest BCUT2D eigenvalue weighted by molar-refractivity contribution is 0.0236. The third-order valence-electron chi connectivity index (χ3n) is 4.37. The molecule has 2 aromatic carbocycles. The number of nitrogens with zero attached hydrogens (tertiary/aromatic N) is 1. The summed E-state index contributed by atoms with van der Waals surface area (Å²) in [6, 6.07) is 17.7. The van der Waals surface area contributed by atoms with E-state index in [0.29, 0.717) is 0 Å². The van der Waals surface area contributed by atoms with Gasteiger partial charge in [-0.25, -0.2) is 0 Å². The van der Waals surface area contributed by atoms with Crippen LogP contribution in [0.5, 0.6) is 0 Å². The first-order valence-corrected chi connectivity index (χ1v) is 7.90. The Kier molecular flexibility index (Phi) is 3.05. The number of amides is 1. The summed E-state index contributed by atoms with van der Waals surface area (Å²) in [4.78, 5) is 14.3. The Labute approximate surface area is 135 Å². The van der Waals surface area contributed by atoms with Gasteiger partial charge in [-0.05, 0) is 29.7 Å². The minimum Gasteiger partial charge on any atom is -0.456 e. The number of likely N-dealkylation sites (tertiary alicyclic amines) is 1. The van der Waals surface area contributed by atoms with Crippen molar-refractivity contribution in [1.82, 2.24) is 4.90 Å². The Balaban J connectivity index is 1.57. The Morgan fingerprint density at radius 3 is 2.39 bits per heavy atom. The molecule has 0 spiro atoms. The molecule has 1 aliphatic rings. The molecule has 116 valence electrons. The molecule has 0 atom stereocenters. The van der Waals surface area contributed by atoms with Gasteiger partial charge in [-0.3, -0.25) is 4.79 Å². The first-order chi connectivity index (χ1) is 11.0. The van der Waals surface area contributed by atoms with Crippen molar-refractivity contribution < 1.29 is 9.21 Å². The molecular formula is C20H19NO2. The van der Waals surface area contributed by atoms with E-state index in [0.717, 1.165) is 40.9 Å². The number of hydrogen-bond donors (Lipinski definition) is 0. The standard InChI is InChI=1S/C20H19NO2/c1-20(2)12-21(13-20)19(22)15-9-7-14(8-10-15)18-11-16-5-3-4-6-17(16)23-18/h3-11H,12-13H2,1-2H3. The first kappa shape index (κ1) is 14.1. The molecule has 0 bridgehead atoms. The number of rotatable bonds is 2. The maximum Gasteiger partial charge on any atom is 0.253 e. The van der Waals surface area contributed by atoms with Gasteiger partial charge >= 0.3 is 0 Å². The van der Waals surface area contributed by atoms with Crippen molar-refractivity contribution in [2.75, 3.05) is 13.1 Å². The van der Waals surface area contributed by atoms with Crippen molar-refractivity contribution in [3.63, 3.8) is 0 Å². The number of carbonyl (C=O) groups is 1. The molecule has 3 nitrogen and oxygen atoms in total. The van der Waals surface area contributed by atoms with Crippen molar-refractivity contribution in [3.05, 3.63) is 60.2 Å². The number of furan rings is 1. The van der Waals surface area contributed by atoms with E-state index in [2.05, 4.69) is 13.8 Å². The summed E-state index contributed by atoms with van der Waals surface area (Å²) < 4.78 is 5.87. The molecule has 1 aliphatic heterocycles. The zero-order valence-corrected chi connectivity index (χ0v) is 13.4. The smallest absolute Gasteiger partial charge is 0.253 e. The molecule has 1 amide bonds. The number of benzene rings is 2. The van der Waals surface area contributed by atoms with Gasteiger partial charge in [-0.1, -0.05) is 44.2 Å². The van der Waals surface area contributed by atoms with E-state index in [1.54, 1.807) is 0 Å². The van der Waals surface area contributed by atoms with Crippen molar-refractivity contribution in [2.24, 2.45) is 5.41 Å². The summed E-state index contributed by atoms with van der Waals surface area (Å²) in [5.41, 5.74) is 2.86. The number of fused-ring (bicyclic) bond motifs is 1. The molecule has 0 unspecified atom stereocenters. The second-order valence-electron chi connectivity index (χ2n) is 7.05. The predicted octanol–water partition coefficient (Wildman–Crippen LogP) is 4.58. The monoisotopic (exact) mass is 305 g/mol. The van der Waals surface area contributed by atoms with Crippen LogP contribution in [0.15, 0.2) is 59.0 Å². The van der Waals surface area contributed by atoms with Gasteiger partial charge in [0.25, 0.3) is 5.91 Å². The molecule has 1 saturated heterocycles. The topological polar surface area (TPSA) is 33.5 Å². The van der Waals surface area contributed by atoms with Crippen molar-refractivity contribution in [3.8, 4) is 11.3 Å². The lowest BCUT2D eigenvalue weighted by Gasteiger charge is -2.45. The molecule has 0 aliphatic carbocycles. The van der Waals surface area contributed by atoms with Crippen LogP contribution in [0.3, 0.4) is 0 Å². The van der Waals surface area contributed by atoms with Gasteiger partial charge in [-0.15, -0.1) is 0 Å². The van der Waals surface area contributed by atoms with Gasteiger partial charge < -0.3 is 9.32 Å². The number of hydrogen-bond acceptors (Lipinski definition) is 2. The quantitative estimate of drug-likeness (QED) is 0.694. The highest BCUT2D eigenvalue weighted by Gasteiger charge is 2.37. The lowest BCUT2D eigenvalue weighted by atomic mass is 9.84. The zero-order valence-electron chi connectivity index (χ0n) is 13.4. The Bertz CT molecular complexity index is 833. The van der Waals surface area contributed by atoms with Gasteiger partial charge in [0, 0.05) is 29.6 Å². The van der Waals surface area contributed by atoms with Crippen LogP contribution in [0, 0.1) is 5.41 Å². The molecule has 4 rings (SSSR count). The summed E-state index contributed by atoms with van der Waals surface area (Å²) in [7, 11) is 0. The van der Waals surface area contributed by atoms with Crippen LogP contribution >= 0.6 is 0 Å². The zero-order chi connectivity index (χ0) is 16.0. The van der Waals surface area contributed by atoms with Crippen LogP contribution in [0.25, 0.3) is 22.3 Å². The Morgan fingerprint density at radius 1 is 1.04 bits per heavy atom. The molecule has 0 saturated carbocycles. The van der Waals surface area contributed by atoms with Crippen LogP contribution in [-0.2, 0) is 0 Å². The summed E-state index contributed by atoms with van der Waals surface area (Å²) in [6.45, 7) is 6.03. The molecule has 3 heteroatoms. The van der Waals surface area contributed by atoms with Crippen LogP contribution < -0.4 is 0 Å². The third-order valence-corrected chi connectivity index (χ3v) is 4.37. The van der Waals surface area contributed by atoms with E-state index in [-0.39, 0.29) is 11.3 Å². The molecule has 3 aromatic rings. The second-order valence-corrected chi connectivity index (χ2v) is 7.05. The largest absolute Gasteiger partial charge is 0.456 e. The van der Waals surface area contributed by atoms with Gasteiger partial charge in [0.15, 0.2) is 0 Å². The van der Waals surface area contributed by atoms with Crippen molar-refractivity contribution >= 4 is 16.9 Å². The average Bonchev–Trinajstić information content (AvgIpc) is 2.96. The molecule has 0 radical (unpaired) electrons. The maximum atomic E-state index is 12.4. The molecule has 1 aromatic heterocycles. The molecule has 2 heterocycles. The normalized spacial score (nSPS) is 16.3. The molecule has 0 N–H and O–H groups in total. The fourth-order valence-corrected chi connectivity index (χ4v) is 3.21. The highest BCUT2D eigenvalue weighted by Crippen LogP contribution is 2.31. The summed E-state index contributed by atoms with van der Waals surface area (Å²) in [6.07, 6.45) is 0. The Hall–Kier alpha value is -2.55. The van der Waals surface area contributed by atoms with E-state index >= 15 is 0 Å². The number of para-hydroxylation sites is 1. The van der Waals surface area contributed by atoms with E-state index in [4.69, 9.17) is 4.42 Å². The van der Waals surface area contributed by atoms with E-state index in [1.807, 2.05) is 59.5 Å². The van der Waals surface area contributed by atoms with Crippen LogP contribution in [0.2, 0.25) is 0 Å². The van der Waals surface area contributed by atoms with Crippen LogP contribution in [-0.4, -0.2) is 23.9 Å². The molecule has 23 heavy (non-hydrogen) atoms. The number of carbonyl (C=O) groups excluding carboxylic acids is 1. The predicted molar refractivity (Wildman–Crippen MR) is 91.3 cm³/mol. The minimum absolute atomic E-state index is 0.112. The lowest BCUT2D eigenvalue weighted by Crippen LogP contribution is -2.55. The first-order valence-electron chi connectivity index (χ1n) is 7.90. The van der Waals surface area contributed by atoms with Gasteiger partial charge in [0.05, 0.1) is 0 Å². The van der Waals surface area contributed by atoms with Crippen LogP contribution in [0.4, 0.5) is 0 Å². The maximum absolute atomic E-state index is 12.4. The molecular weight excluding hydrogens is 286 g/mol. The van der Waals surface area contributed by atoms with Gasteiger partial charge in [-0.2, -0.15) is 0 Å². The van der Waals surface area contributed by atoms with Crippen molar-refractivity contribution in [2.45, 2.75) is 13.8 Å². The van der Waals surface area contributed by atoms with Gasteiger partial charge in [0.2, 0.25) is 0 Å². The average molecular weight is 305 g/mol. The fraction of sp³-hybridized carbons (Fsp3) is 0.250. The van der Waals surface area contributed by atoms with Crippen LogP contribution in [0.1, 0.15) is 24.2 Å². The van der Waals surface area contributed by atoms with Crippen molar-refractivity contribution in [1.29, 1.82) is 0 Å². The minimum atomic E-state index is 0.112. The SMILES string of the molecule is CC1(C)CN(C(=O)c2ccc(-c3cc4ccccc4o3)cc2)C1. The van der Waals surface area contributed by atoms with Gasteiger partial charge in [0.1, 0.15) is 11.3 Å². The fourth-order valence-electron chi connectivity index (χ4n) is 3.21. The summed E-state index contributed by atoms with van der Waals surface area (Å²) in [5, 5.41) is 1.09. The van der Waals surface area contributed by atoms with E-state index < -0.39 is 0 Å². The summed E-state index contributed by atoms with van der Waals surface area (Å²) in [5.74, 6) is 0.941. The molecule has 1 fully saturated rings. The van der Waals surface area contributed by atoms with E-state index in [1.165, 1.54) is 0 Å². The van der Waals surface area contributed by atoms with E-state index in [9.17, 15) is 4.79 Å².